The Morgan fingerprint density at radius 1 is 1.13 bits per heavy atom. The summed E-state index contributed by atoms with van der Waals surface area (Å²) in [7, 11) is 3.05. The molecule has 0 unspecified atom stereocenters. The molecule has 2 aromatic heterocycles. The summed E-state index contributed by atoms with van der Waals surface area (Å²) in [4.78, 5) is 18.4. The highest BCUT2D eigenvalue weighted by Crippen LogP contribution is 2.39. The summed E-state index contributed by atoms with van der Waals surface area (Å²) in [5.41, 5.74) is 2.93. The number of hydrogen-bond donors (Lipinski definition) is 1. The van der Waals surface area contributed by atoms with E-state index < -0.39 is 0 Å². The van der Waals surface area contributed by atoms with E-state index in [0.29, 0.717) is 11.7 Å². The zero-order valence-corrected chi connectivity index (χ0v) is 18.2. The van der Waals surface area contributed by atoms with E-state index in [-0.39, 0.29) is 24.5 Å². The van der Waals surface area contributed by atoms with Gasteiger partial charge in [-0.1, -0.05) is 6.07 Å². The van der Waals surface area contributed by atoms with E-state index in [4.69, 9.17) is 21.7 Å². The van der Waals surface area contributed by atoms with Gasteiger partial charge >= 0.3 is 5.97 Å². The van der Waals surface area contributed by atoms with E-state index in [1.165, 1.54) is 7.11 Å². The second kappa shape index (κ2) is 9.18. The van der Waals surface area contributed by atoms with Gasteiger partial charge in [-0.25, -0.2) is 0 Å². The van der Waals surface area contributed by atoms with Gasteiger partial charge in [0.05, 0.1) is 38.4 Å². The van der Waals surface area contributed by atoms with Crippen molar-refractivity contribution in [2.75, 3.05) is 20.8 Å². The van der Waals surface area contributed by atoms with Crippen LogP contribution in [0.3, 0.4) is 0 Å². The average Bonchev–Trinajstić information content (AvgIpc) is 3.42. The fourth-order valence-corrected chi connectivity index (χ4v) is 4.23. The summed E-state index contributed by atoms with van der Waals surface area (Å²) in [5, 5.41) is 4.00. The molecule has 1 aromatic carbocycles. The van der Waals surface area contributed by atoms with Crippen molar-refractivity contribution >= 4 is 23.3 Å². The Morgan fingerprint density at radius 2 is 1.94 bits per heavy atom. The largest absolute Gasteiger partial charge is 0.497 e. The predicted molar refractivity (Wildman–Crippen MR) is 121 cm³/mol. The van der Waals surface area contributed by atoms with Crippen molar-refractivity contribution in [1.29, 1.82) is 0 Å². The maximum Gasteiger partial charge on any atom is 0.307 e. The van der Waals surface area contributed by atoms with Gasteiger partial charge in [-0.05, 0) is 60.7 Å². The standard InChI is InChI=1S/C23H24N4O3S/c1-29-17-10-8-16(9-11-17)26-14-5-7-19(26)22-21(18-6-3-4-13-24-18)25-23(31)27(22)15-12-20(28)30-2/h3-11,13-14,21-22H,12,15H2,1-2H3,(H,25,31)/t21-,22-/m0/s1. The number of nitrogens with zero attached hydrogens (tertiary/aromatic N) is 3. The maximum atomic E-state index is 11.8. The first kappa shape index (κ1) is 20.9. The molecule has 3 heterocycles. The Morgan fingerprint density at radius 3 is 2.61 bits per heavy atom. The van der Waals surface area contributed by atoms with Crippen LogP contribution in [0, 0.1) is 0 Å². The molecule has 1 aliphatic rings. The summed E-state index contributed by atoms with van der Waals surface area (Å²) in [5.74, 6) is 0.528. The first-order chi connectivity index (χ1) is 15.1. The molecule has 0 amide bonds. The second-order valence-corrected chi connectivity index (χ2v) is 7.53. The Bertz CT molecular complexity index is 1050. The molecule has 0 radical (unpaired) electrons. The third kappa shape index (κ3) is 4.25. The molecule has 4 rings (SSSR count). The van der Waals surface area contributed by atoms with Gasteiger partial charge in [0.25, 0.3) is 0 Å². The molecule has 31 heavy (non-hydrogen) atoms. The summed E-state index contributed by atoms with van der Waals surface area (Å²) < 4.78 is 12.3. The Hall–Kier alpha value is -3.39. The van der Waals surface area contributed by atoms with Gasteiger partial charge in [0, 0.05) is 30.3 Å². The number of rotatable bonds is 7. The van der Waals surface area contributed by atoms with Gasteiger partial charge in [0.15, 0.2) is 5.11 Å². The number of esters is 1. The van der Waals surface area contributed by atoms with E-state index in [9.17, 15) is 4.79 Å². The van der Waals surface area contributed by atoms with E-state index >= 15 is 0 Å². The highest BCUT2D eigenvalue weighted by molar-refractivity contribution is 7.80. The summed E-state index contributed by atoms with van der Waals surface area (Å²) in [6.07, 6.45) is 4.04. The predicted octanol–water partition coefficient (Wildman–Crippen LogP) is 3.42. The molecule has 1 fully saturated rings. The van der Waals surface area contributed by atoms with Crippen molar-refractivity contribution in [2.45, 2.75) is 18.5 Å². The van der Waals surface area contributed by atoms with Crippen LogP contribution < -0.4 is 10.1 Å². The van der Waals surface area contributed by atoms with E-state index in [2.05, 4.69) is 20.9 Å². The fraction of sp³-hybridized carbons (Fsp3) is 0.261. The number of benzene rings is 1. The van der Waals surface area contributed by atoms with Gasteiger partial charge in [-0.15, -0.1) is 0 Å². The fourth-order valence-electron chi connectivity index (χ4n) is 3.89. The number of methoxy groups -OCH3 is 2. The van der Waals surface area contributed by atoms with Crippen molar-refractivity contribution in [1.82, 2.24) is 19.8 Å². The minimum absolute atomic E-state index is 0.149. The Kier molecular flexibility index (Phi) is 6.18. The van der Waals surface area contributed by atoms with Crippen LogP contribution in [0.25, 0.3) is 5.69 Å². The van der Waals surface area contributed by atoms with Crippen molar-refractivity contribution in [3.05, 3.63) is 78.4 Å². The minimum atomic E-state index is -0.270. The highest BCUT2D eigenvalue weighted by Gasteiger charge is 2.41. The van der Waals surface area contributed by atoms with Gasteiger partial charge in [-0.3, -0.25) is 9.78 Å². The number of carbonyl (C=O) groups is 1. The normalized spacial score (nSPS) is 18.0. The topological polar surface area (TPSA) is 68.6 Å². The molecule has 3 aromatic rings. The van der Waals surface area contributed by atoms with Crippen LogP contribution in [0.2, 0.25) is 0 Å². The molecule has 160 valence electrons. The Labute approximate surface area is 186 Å². The van der Waals surface area contributed by atoms with Crippen molar-refractivity contribution in [2.24, 2.45) is 0 Å². The number of carbonyl (C=O) groups excluding carboxylic acids is 1. The lowest BCUT2D eigenvalue weighted by atomic mass is 10.0. The molecule has 0 spiro atoms. The monoisotopic (exact) mass is 436 g/mol. The molecule has 2 atom stereocenters. The maximum absolute atomic E-state index is 11.8. The van der Waals surface area contributed by atoms with Crippen LogP contribution >= 0.6 is 12.2 Å². The van der Waals surface area contributed by atoms with E-state index in [1.807, 2.05) is 59.6 Å². The van der Waals surface area contributed by atoms with E-state index in [1.54, 1.807) is 13.3 Å². The van der Waals surface area contributed by atoms with Gasteiger partial charge in [0.1, 0.15) is 5.75 Å². The van der Waals surface area contributed by atoms with Gasteiger partial charge in [-0.2, -0.15) is 0 Å². The SMILES string of the molecule is COC(=O)CCN1C(=S)N[C@@H](c2ccccn2)[C@@H]1c1cccn1-c1ccc(OC)cc1. The lowest BCUT2D eigenvalue weighted by Gasteiger charge is -2.28. The number of aromatic nitrogens is 2. The smallest absolute Gasteiger partial charge is 0.307 e. The quantitative estimate of drug-likeness (QED) is 0.450. The van der Waals surface area contributed by atoms with E-state index in [0.717, 1.165) is 22.8 Å². The Balaban J connectivity index is 1.74. The van der Waals surface area contributed by atoms with Crippen molar-refractivity contribution in [3.8, 4) is 11.4 Å². The number of hydrogen-bond acceptors (Lipinski definition) is 5. The van der Waals surface area contributed by atoms with Crippen LogP contribution in [0.4, 0.5) is 0 Å². The average molecular weight is 437 g/mol. The molecule has 0 saturated carbocycles. The third-order valence-corrected chi connectivity index (χ3v) is 5.77. The summed E-state index contributed by atoms with van der Waals surface area (Å²) >= 11 is 5.66. The van der Waals surface area contributed by atoms with Crippen LogP contribution in [0.15, 0.2) is 67.0 Å². The number of nitrogens with one attached hydrogen (secondary N) is 1. The second-order valence-electron chi connectivity index (χ2n) is 7.15. The van der Waals surface area contributed by atoms with Crippen molar-refractivity contribution < 1.29 is 14.3 Å². The summed E-state index contributed by atoms with van der Waals surface area (Å²) in [6.45, 7) is 0.445. The zero-order valence-electron chi connectivity index (χ0n) is 17.4. The molecule has 7 nitrogen and oxygen atoms in total. The molecule has 1 aliphatic heterocycles. The molecule has 1 saturated heterocycles. The molecule has 1 N–H and O–H groups in total. The minimum Gasteiger partial charge on any atom is -0.497 e. The molecule has 0 bridgehead atoms. The first-order valence-corrected chi connectivity index (χ1v) is 10.4. The van der Waals surface area contributed by atoms with Crippen LogP contribution in [-0.4, -0.2) is 46.3 Å². The van der Waals surface area contributed by atoms with Gasteiger partial charge in [0.2, 0.25) is 0 Å². The lowest BCUT2D eigenvalue weighted by Crippen LogP contribution is -2.32. The number of thiocarbonyl (C=S) groups is 1. The molecule has 8 heteroatoms. The van der Waals surface area contributed by atoms with Gasteiger partial charge < -0.3 is 24.3 Å². The highest BCUT2D eigenvalue weighted by atomic mass is 32.1. The number of ether oxygens (including phenoxy) is 2. The molecular formula is C23H24N4O3S. The molecule has 0 aliphatic carbocycles. The zero-order chi connectivity index (χ0) is 21.8. The lowest BCUT2D eigenvalue weighted by molar-refractivity contribution is -0.140. The molecular weight excluding hydrogens is 412 g/mol. The van der Waals surface area contributed by atoms with Crippen molar-refractivity contribution in [3.63, 3.8) is 0 Å². The third-order valence-electron chi connectivity index (χ3n) is 5.42. The summed E-state index contributed by atoms with van der Waals surface area (Å²) in [6, 6.07) is 17.5. The van der Waals surface area contributed by atoms with Crippen LogP contribution in [-0.2, 0) is 9.53 Å². The van der Waals surface area contributed by atoms with Crippen LogP contribution in [0.5, 0.6) is 5.75 Å². The first-order valence-electron chi connectivity index (χ1n) is 9.99. The number of pyridine rings is 1. The van der Waals surface area contributed by atoms with Crippen LogP contribution in [0.1, 0.15) is 29.9 Å².